The highest BCUT2D eigenvalue weighted by molar-refractivity contribution is 5.28. The third-order valence-corrected chi connectivity index (χ3v) is 2.54. The Labute approximate surface area is 94.3 Å². The van der Waals surface area contributed by atoms with Crippen LogP contribution in [-0.4, -0.2) is 24.3 Å². The molecule has 1 N–H and O–H groups in total. The van der Waals surface area contributed by atoms with Gasteiger partial charge in [-0.05, 0) is 13.8 Å². The first kappa shape index (κ1) is 10.7. The summed E-state index contributed by atoms with van der Waals surface area (Å²) >= 11 is 0. The van der Waals surface area contributed by atoms with Gasteiger partial charge in [0.15, 0.2) is 5.82 Å². The normalized spacial score (nSPS) is 12.7. The lowest BCUT2D eigenvalue weighted by Crippen LogP contribution is -2.15. The van der Waals surface area contributed by atoms with E-state index in [0.29, 0.717) is 0 Å². The van der Waals surface area contributed by atoms with Gasteiger partial charge >= 0.3 is 0 Å². The minimum Gasteiger partial charge on any atom is -0.346 e. The third kappa shape index (κ3) is 1.91. The molecule has 0 saturated carbocycles. The van der Waals surface area contributed by atoms with E-state index in [9.17, 15) is 0 Å². The number of rotatable bonds is 4. The zero-order valence-corrected chi connectivity index (χ0v) is 9.75. The van der Waals surface area contributed by atoms with Crippen molar-refractivity contribution < 1.29 is 0 Å². The molecule has 6 heteroatoms. The third-order valence-electron chi connectivity index (χ3n) is 2.54. The van der Waals surface area contributed by atoms with Crippen LogP contribution in [0.2, 0.25) is 0 Å². The van der Waals surface area contributed by atoms with Crippen molar-refractivity contribution in [3.63, 3.8) is 0 Å². The van der Waals surface area contributed by atoms with Gasteiger partial charge in [0.2, 0.25) is 5.95 Å². The van der Waals surface area contributed by atoms with Crippen LogP contribution in [0.1, 0.15) is 25.7 Å². The molecule has 0 aromatic carbocycles. The van der Waals surface area contributed by atoms with Crippen LogP contribution in [0.3, 0.4) is 0 Å². The molecule has 0 spiro atoms. The molecule has 6 nitrogen and oxygen atoms in total. The molecule has 1 atom stereocenters. The molecule has 0 radical (unpaired) electrons. The maximum Gasteiger partial charge on any atom is 0.203 e. The fourth-order valence-corrected chi connectivity index (χ4v) is 1.65. The Morgan fingerprint density at radius 3 is 2.94 bits per heavy atom. The van der Waals surface area contributed by atoms with E-state index in [1.54, 1.807) is 12.5 Å². The predicted molar refractivity (Wildman–Crippen MR) is 60.9 cm³/mol. The molecule has 0 aliphatic rings. The Morgan fingerprint density at radius 1 is 1.50 bits per heavy atom. The number of aryl methyl sites for hydroxylation is 2. The highest BCUT2D eigenvalue weighted by Gasteiger charge is 2.12. The van der Waals surface area contributed by atoms with Gasteiger partial charge in [0, 0.05) is 26.0 Å². The average Bonchev–Trinajstić information content (AvgIpc) is 2.86. The van der Waals surface area contributed by atoms with Crippen molar-refractivity contribution in [3.05, 3.63) is 24.5 Å². The quantitative estimate of drug-likeness (QED) is 0.841. The van der Waals surface area contributed by atoms with Gasteiger partial charge in [-0.15, -0.1) is 10.2 Å². The maximum absolute atomic E-state index is 4.26. The van der Waals surface area contributed by atoms with Crippen LogP contribution in [0.5, 0.6) is 0 Å². The van der Waals surface area contributed by atoms with E-state index < -0.39 is 0 Å². The minimum absolute atomic E-state index is 0.0835. The summed E-state index contributed by atoms with van der Waals surface area (Å²) in [6.07, 6.45) is 5.43. The van der Waals surface area contributed by atoms with Crippen molar-refractivity contribution in [2.75, 3.05) is 5.32 Å². The topological polar surface area (TPSA) is 60.6 Å². The van der Waals surface area contributed by atoms with Crippen LogP contribution in [0.15, 0.2) is 18.7 Å². The Hall–Kier alpha value is -1.85. The van der Waals surface area contributed by atoms with Crippen LogP contribution in [0.4, 0.5) is 5.95 Å². The Bertz CT molecular complexity index is 457. The fraction of sp³-hybridized carbons (Fsp3) is 0.500. The number of nitrogens with one attached hydrogen (secondary N) is 1. The maximum atomic E-state index is 4.26. The summed E-state index contributed by atoms with van der Waals surface area (Å²) in [5, 5.41) is 11.2. The monoisotopic (exact) mass is 220 g/mol. The van der Waals surface area contributed by atoms with E-state index in [-0.39, 0.29) is 6.04 Å². The Morgan fingerprint density at radius 2 is 2.31 bits per heavy atom. The molecule has 86 valence electrons. The Kier molecular flexibility index (Phi) is 2.89. The number of aromatic nitrogens is 5. The SMILES string of the molecule is CCn1ccnc1NC(C)c1nncn1C. The molecule has 16 heavy (non-hydrogen) atoms. The molecule has 2 rings (SSSR count). The lowest BCUT2D eigenvalue weighted by molar-refractivity contribution is 0.691. The highest BCUT2D eigenvalue weighted by Crippen LogP contribution is 2.15. The molecule has 2 aromatic heterocycles. The lowest BCUT2D eigenvalue weighted by Gasteiger charge is -2.14. The smallest absolute Gasteiger partial charge is 0.203 e. The zero-order valence-electron chi connectivity index (χ0n) is 9.75. The van der Waals surface area contributed by atoms with Crippen molar-refractivity contribution >= 4 is 5.95 Å². The van der Waals surface area contributed by atoms with Crippen molar-refractivity contribution in [2.45, 2.75) is 26.4 Å². The summed E-state index contributed by atoms with van der Waals surface area (Å²) in [5.74, 6) is 1.75. The number of hydrogen-bond donors (Lipinski definition) is 1. The number of anilines is 1. The second-order valence-corrected chi connectivity index (χ2v) is 3.70. The molecule has 0 saturated heterocycles. The second-order valence-electron chi connectivity index (χ2n) is 3.70. The highest BCUT2D eigenvalue weighted by atomic mass is 15.3. The summed E-state index contributed by atoms with van der Waals surface area (Å²) < 4.78 is 3.95. The average molecular weight is 220 g/mol. The van der Waals surface area contributed by atoms with E-state index in [2.05, 4.69) is 27.4 Å². The van der Waals surface area contributed by atoms with Crippen molar-refractivity contribution in [3.8, 4) is 0 Å². The number of hydrogen-bond acceptors (Lipinski definition) is 4. The molecule has 0 fully saturated rings. The first-order valence-electron chi connectivity index (χ1n) is 5.34. The van der Waals surface area contributed by atoms with Gasteiger partial charge in [0.1, 0.15) is 6.33 Å². The molecular weight excluding hydrogens is 204 g/mol. The van der Waals surface area contributed by atoms with Gasteiger partial charge in [-0.2, -0.15) is 0 Å². The van der Waals surface area contributed by atoms with E-state index in [1.165, 1.54) is 0 Å². The molecule has 0 amide bonds. The molecular formula is C10H16N6. The fourth-order valence-electron chi connectivity index (χ4n) is 1.65. The molecule has 0 aliphatic carbocycles. The number of imidazole rings is 1. The summed E-state index contributed by atoms with van der Waals surface area (Å²) in [6.45, 7) is 5.02. The Balaban J connectivity index is 2.13. The van der Waals surface area contributed by atoms with E-state index >= 15 is 0 Å². The van der Waals surface area contributed by atoms with Crippen molar-refractivity contribution in [1.29, 1.82) is 0 Å². The molecule has 0 bridgehead atoms. The predicted octanol–water partition coefficient (Wildman–Crippen LogP) is 1.20. The van der Waals surface area contributed by atoms with Gasteiger partial charge in [-0.3, -0.25) is 0 Å². The van der Waals surface area contributed by atoms with Gasteiger partial charge in [0.25, 0.3) is 0 Å². The van der Waals surface area contributed by atoms with E-state index in [0.717, 1.165) is 18.3 Å². The van der Waals surface area contributed by atoms with Crippen LogP contribution >= 0.6 is 0 Å². The van der Waals surface area contributed by atoms with Crippen LogP contribution in [-0.2, 0) is 13.6 Å². The van der Waals surface area contributed by atoms with E-state index in [1.807, 2.05) is 29.3 Å². The minimum atomic E-state index is 0.0835. The van der Waals surface area contributed by atoms with Crippen LogP contribution < -0.4 is 5.32 Å². The largest absolute Gasteiger partial charge is 0.346 e. The lowest BCUT2D eigenvalue weighted by atomic mass is 10.3. The van der Waals surface area contributed by atoms with Crippen molar-refractivity contribution in [1.82, 2.24) is 24.3 Å². The molecule has 2 heterocycles. The summed E-state index contributed by atoms with van der Waals surface area (Å²) in [6, 6.07) is 0.0835. The zero-order chi connectivity index (χ0) is 11.5. The molecule has 0 aliphatic heterocycles. The van der Waals surface area contributed by atoms with Gasteiger partial charge in [-0.25, -0.2) is 4.98 Å². The summed E-state index contributed by atoms with van der Waals surface area (Å²) in [4.78, 5) is 4.26. The second kappa shape index (κ2) is 4.34. The van der Waals surface area contributed by atoms with Gasteiger partial charge in [-0.1, -0.05) is 0 Å². The molecule has 2 aromatic rings. The van der Waals surface area contributed by atoms with Crippen LogP contribution in [0.25, 0.3) is 0 Å². The standard InChI is InChI=1S/C10H16N6/c1-4-16-6-5-11-10(16)13-8(2)9-14-12-7-15(9)3/h5-8H,4H2,1-3H3,(H,11,13). The van der Waals surface area contributed by atoms with Gasteiger partial charge in [0.05, 0.1) is 6.04 Å². The summed E-state index contributed by atoms with van der Waals surface area (Å²) in [5.41, 5.74) is 0. The van der Waals surface area contributed by atoms with E-state index in [4.69, 9.17) is 0 Å². The number of nitrogens with zero attached hydrogens (tertiary/aromatic N) is 5. The first-order chi connectivity index (χ1) is 7.72. The first-order valence-corrected chi connectivity index (χ1v) is 5.34. The van der Waals surface area contributed by atoms with Crippen LogP contribution in [0, 0.1) is 0 Å². The summed E-state index contributed by atoms with van der Waals surface area (Å²) in [7, 11) is 1.93. The van der Waals surface area contributed by atoms with Gasteiger partial charge < -0.3 is 14.5 Å². The molecule has 1 unspecified atom stereocenters. The van der Waals surface area contributed by atoms with Crippen molar-refractivity contribution in [2.24, 2.45) is 7.05 Å².